The topological polar surface area (TPSA) is 92.7 Å². The molecule has 0 amide bonds. The maximum atomic E-state index is 13.7. The average Bonchev–Trinajstić information content (AvgIpc) is 2.60. The van der Waals surface area contributed by atoms with Gasteiger partial charge in [0.1, 0.15) is 11.2 Å². The summed E-state index contributed by atoms with van der Waals surface area (Å²) in [5.74, 6) is 0. The number of rotatable bonds is 0. The Hall–Kier alpha value is -3.55. The number of fused-ring (bicyclic) bond motifs is 2. The molecule has 0 unspecified atom stereocenters. The highest BCUT2D eigenvalue weighted by Crippen LogP contribution is 2.20. The lowest BCUT2D eigenvalue weighted by Gasteiger charge is -2.22. The third-order valence-corrected chi connectivity index (χ3v) is 3.97. The molecule has 164 valence electrons. The molecule has 2 aromatic carbocycles. The molecule has 0 atom stereocenters. The van der Waals surface area contributed by atoms with Crippen LogP contribution in [0.3, 0.4) is 0 Å². The second-order valence-corrected chi connectivity index (χ2v) is 8.95. The van der Waals surface area contributed by atoms with Crippen molar-refractivity contribution in [1.82, 2.24) is 9.13 Å². The number of carbonyl (C=O) groups is 2. The van der Waals surface area contributed by atoms with Gasteiger partial charge in [0, 0.05) is 0 Å². The van der Waals surface area contributed by atoms with Crippen molar-refractivity contribution in [2.45, 2.75) is 52.7 Å². The summed E-state index contributed by atoms with van der Waals surface area (Å²) in [6, 6.07) is 13.1. The molecule has 0 radical (unpaired) electrons. The van der Waals surface area contributed by atoms with Gasteiger partial charge >= 0.3 is 17.9 Å². The lowest BCUT2D eigenvalue weighted by molar-refractivity contribution is 0.0509. The van der Waals surface area contributed by atoms with Crippen LogP contribution in [-0.4, -0.2) is 32.5 Å². The SMILES string of the molecule is CC(C)(C)OC(=O)n1c(=O)n(C(=O)OC(C)(C)C)c2ccccc2oc2ccccc21. The van der Waals surface area contributed by atoms with Crippen LogP contribution in [-0.2, 0) is 9.47 Å². The minimum absolute atomic E-state index is 0.143. The lowest BCUT2D eigenvalue weighted by atomic mass is 10.2. The molecule has 8 nitrogen and oxygen atoms in total. The van der Waals surface area contributed by atoms with Crippen LogP contribution in [0.2, 0.25) is 0 Å². The molecule has 0 aliphatic rings. The van der Waals surface area contributed by atoms with E-state index in [1.165, 1.54) is 0 Å². The maximum Gasteiger partial charge on any atom is 0.423 e. The van der Waals surface area contributed by atoms with Crippen LogP contribution in [0.1, 0.15) is 41.5 Å². The Bertz CT molecular complexity index is 1170. The highest BCUT2D eigenvalue weighted by Gasteiger charge is 2.26. The summed E-state index contributed by atoms with van der Waals surface area (Å²) in [6.45, 7) is 10.1. The summed E-state index contributed by atoms with van der Waals surface area (Å²) in [4.78, 5) is 39.8. The molecule has 0 bridgehead atoms. The number of hydrogen-bond donors (Lipinski definition) is 0. The number of hydrogen-bond acceptors (Lipinski definition) is 6. The Morgan fingerprint density at radius 1 is 0.710 bits per heavy atom. The van der Waals surface area contributed by atoms with Crippen LogP contribution in [0, 0.1) is 0 Å². The summed E-state index contributed by atoms with van der Waals surface area (Å²) >= 11 is 0. The number of carbonyl (C=O) groups excluding carboxylic acids is 2. The zero-order valence-electron chi connectivity index (χ0n) is 18.5. The highest BCUT2D eigenvalue weighted by molar-refractivity contribution is 5.89. The molecule has 0 saturated carbocycles. The molecule has 0 aliphatic carbocycles. The standard InChI is InChI=1S/C23H26N2O6/c1-22(2,3)30-20(27)24-15-11-7-9-13-17(15)29-18-14-10-8-12-16(18)25(19(24)26)21(28)31-23(4,5)6/h7-14H,1-6H3. The second kappa shape index (κ2) is 7.94. The number of benzene rings is 2. The van der Waals surface area contributed by atoms with Gasteiger partial charge in [-0.3, -0.25) is 0 Å². The number of para-hydroxylation sites is 4. The second-order valence-electron chi connectivity index (χ2n) is 8.95. The molecule has 1 aromatic heterocycles. The van der Waals surface area contributed by atoms with E-state index >= 15 is 0 Å². The molecule has 0 spiro atoms. The van der Waals surface area contributed by atoms with Crippen molar-refractivity contribution in [3.8, 4) is 0 Å². The van der Waals surface area contributed by atoms with Gasteiger partial charge in [-0.05, 0) is 65.8 Å². The molecule has 1 heterocycles. The number of aromatic nitrogens is 2. The predicted molar refractivity (Wildman–Crippen MR) is 117 cm³/mol. The van der Waals surface area contributed by atoms with Gasteiger partial charge in [0.05, 0.1) is 11.0 Å². The zero-order chi connectivity index (χ0) is 23.0. The Balaban J connectivity index is 2.52. The van der Waals surface area contributed by atoms with Crippen LogP contribution >= 0.6 is 0 Å². The molecule has 0 saturated heterocycles. The Labute approximate surface area is 179 Å². The van der Waals surface area contributed by atoms with Gasteiger partial charge in [-0.15, -0.1) is 0 Å². The molecule has 31 heavy (non-hydrogen) atoms. The smallest absolute Gasteiger partial charge is 0.423 e. The van der Waals surface area contributed by atoms with Gasteiger partial charge in [0.15, 0.2) is 11.2 Å². The highest BCUT2D eigenvalue weighted by atomic mass is 16.6. The zero-order valence-corrected chi connectivity index (χ0v) is 18.5. The first-order chi connectivity index (χ1) is 14.4. The van der Waals surface area contributed by atoms with E-state index in [4.69, 9.17) is 13.9 Å². The summed E-state index contributed by atoms with van der Waals surface area (Å²) < 4.78 is 18.5. The van der Waals surface area contributed by atoms with Gasteiger partial charge in [-0.2, -0.15) is 9.13 Å². The number of ether oxygens (including phenoxy) is 2. The summed E-state index contributed by atoms with van der Waals surface area (Å²) in [5, 5.41) is 0. The Morgan fingerprint density at radius 3 is 1.42 bits per heavy atom. The third-order valence-electron chi connectivity index (χ3n) is 3.97. The average molecular weight is 426 g/mol. The first-order valence-corrected chi connectivity index (χ1v) is 9.83. The van der Waals surface area contributed by atoms with Gasteiger partial charge in [-0.25, -0.2) is 14.4 Å². The molecule has 3 rings (SSSR count). The largest absolute Gasteiger partial charge is 0.453 e. The first-order valence-electron chi connectivity index (χ1n) is 9.83. The van der Waals surface area contributed by atoms with Crippen LogP contribution in [0.5, 0.6) is 0 Å². The summed E-state index contributed by atoms with van der Waals surface area (Å²) in [7, 11) is 0. The van der Waals surface area contributed by atoms with E-state index in [0.717, 1.165) is 9.13 Å². The first kappa shape index (κ1) is 22.1. The minimum atomic E-state index is -0.943. The fourth-order valence-electron chi connectivity index (χ4n) is 2.85. The van der Waals surface area contributed by atoms with Crippen molar-refractivity contribution in [2.24, 2.45) is 0 Å². The van der Waals surface area contributed by atoms with Crippen molar-refractivity contribution in [3.63, 3.8) is 0 Å². The maximum absolute atomic E-state index is 13.7. The van der Waals surface area contributed by atoms with E-state index in [9.17, 15) is 14.4 Å². The van der Waals surface area contributed by atoms with Crippen LogP contribution < -0.4 is 5.69 Å². The molecular weight excluding hydrogens is 400 g/mol. The molecule has 0 fully saturated rings. The van der Waals surface area contributed by atoms with E-state index in [0.29, 0.717) is 0 Å². The van der Waals surface area contributed by atoms with E-state index in [-0.39, 0.29) is 22.2 Å². The van der Waals surface area contributed by atoms with Gasteiger partial charge < -0.3 is 13.9 Å². The van der Waals surface area contributed by atoms with Crippen molar-refractivity contribution in [1.29, 1.82) is 0 Å². The third kappa shape index (κ3) is 4.96. The monoisotopic (exact) mass is 426 g/mol. The van der Waals surface area contributed by atoms with E-state index < -0.39 is 29.1 Å². The van der Waals surface area contributed by atoms with Crippen molar-refractivity contribution in [2.75, 3.05) is 0 Å². The molecular formula is C23H26N2O6. The fourth-order valence-corrected chi connectivity index (χ4v) is 2.85. The van der Waals surface area contributed by atoms with Crippen molar-refractivity contribution in [3.05, 3.63) is 59.0 Å². The minimum Gasteiger partial charge on any atom is -0.453 e. The predicted octanol–water partition coefficient (Wildman–Crippen LogP) is 5.24. The van der Waals surface area contributed by atoms with Crippen LogP contribution in [0.4, 0.5) is 9.59 Å². The Morgan fingerprint density at radius 2 is 1.06 bits per heavy atom. The van der Waals surface area contributed by atoms with Gasteiger partial charge in [0.2, 0.25) is 0 Å². The molecule has 8 heteroatoms. The normalized spacial score (nSPS) is 11.9. The Kier molecular flexibility index (Phi) is 5.67. The fraction of sp³-hybridized carbons (Fsp3) is 0.348. The summed E-state index contributed by atoms with van der Waals surface area (Å²) in [5.41, 5.74) is -1.87. The van der Waals surface area contributed by atoms with E-state index in [1.807, 2.05) is 0 Å². The van der Waals surface area contributed by atoms with Crippen molar-refractivity contribution < 1.29 is 23.5 Å². The lowest BCUT2D eigenvalue weighted by Crippen LogP contribution is -2.41. The quantitative estimate of drug-likeness (QED) is 0.488. The summed E-state index contributed by atoms with van der Waals surface area (Å²) in [6.07, 6.45) is -1.89. The number of nitrogens with zero attached hydrogens (tertiary/aromatic N) is 2. The van der Waals surface area contributed by atoms with E-state index in [1.54, 1.807) is 90.1 Å². The van der Waals surface area contributed by atoms with Gasteiger partial charge in [-0.1, -0.05) is 24.3 Å². The van der Waals surface area contributed by atoms with Crippen LogP contribution in [0.25, 0.3) is 22.2 Å². The van der Waals surface area contributed by atoms with Crippen molar-refractivity contribution >= 4 is 34.4 Å². The van der Waals surface area contributed by atoms with E-state index in [2.05, 4.69) is 0 Å². The molecule has 0 N–H and O–H groups in total. The molecule has 3 aromatic rings. The van der Waals surface area contributed by atoms with Crippen LogP contribution in [0.15, 0.2) is 57.7 Å². The molecule has 0 aliphatic heterocycles. The van der Waals surface area contributed by atoms with Gasteiger partial charge in [0.25, 0.3) is 0 Å².